The highest BCUT2D eigenvalue weighted by Crippen LogP contribution is 2.26. The van der Waals surface area contributed by atoms with Gasteiger partial charge in [-0.15, -0.1) is 11.8 Å². The summed E-state index contributed by atoms with van der Waals surface area (Å²) in [6.45, 7) is 3.99. The number of benzene rings is 1. The van der Waals surface area contributed by atoms with Crippen LogP contribution in [-0.4, -0.2) is 10.3 Å². The van der Waals surface area contributed by atoms with Crippen LogP contribution in [0.3, 0.4) is 0 Å². The summed E-state index contributed by atoms with van der Waals surface area (Å²) in [5.41, 5.74) is 3.06. The molecule has 1 N–H and O–H groups in total. The molecule has 1 aromatic carbocycles. The number of rotatable bonds is 4. The smallest absolute Gasteiger partial charge is 0.137 e. The Morgan fingerprint density at radius 1 is 1.24 bits per heavy atom. The van der Waals surface area contributed by atoms with Crippen molar-refractivity contribution in [1.82, 2.24) is 5.16 Å². The van der Waals surface area contributed by atoms with Gasteiger partial charge < -0.3 is 9.63 Å². The number of aliphatic hydroxyl groups is 1. The van der Waals surface area contributed by atoms with Crippen molar-refractivity contribution in [3.05, 3.63) is 46.8 Å². The second kappa shape index (κ2) is 5.38. The molecule has 0 bridgehead atoms. The zero-order valence-corrected chi connectivity index (χ0v) is 10.8. The summed E-state index contributed by atoms with van der Waals surface area (Å²) in [7, 11) is 0. The molecule has 2 rings (SSSR count). The average Bonchev–Trinajstić information content (AvgIpc) is 2.67. The molecule has 0 radical (unpaired) electrons. The molecule has 0 aliphatic rings. The highest BCUT2D eigenvalue weighted by Gasteiger charge is 2.08. The summed E-state index contributed by atoms with van der Waals surface area (Å²) in [6, 6.07) is 7.92. The normalized spacial score (nSPS) is 10.8. The first-order valence-electron chi connectivity index (χ1n) is 5.45. The van der Waals surface area contributed by atoms with Crippen molar-refractivity contribution < 1.29 is 9.63 Å². The van der Waals surface area contributed by atoms with Gasteiger partial charge in [0.15, 0.2) is 0 Å². The SMILES string of the molecule is Cc1noc(C)c1CSc1ccc(CO)cc1. The first-order valence-corrected chi connectivity index (χ1v) is 6.43. The molecule has 17 heavy (non-hydrogen) atoms. The van der Waals surface area contributed by atoms with Crippen molar-refractivity contribution in [1.29, 1.82) is 0 Å². The molecule has 0 fully saturated rings. The van der Waals surface area contributed by atoms with E-state index in [0.29, 0.717) is 0 Å². The van der Waals surface area contributed by atoms with Crippen LogP contribution in [0.2, 0.25) is 0 Å². The summed E-state index contributed by atoms with van der Waals surface area (Å²) in [4.78, 5) is 1.18. The number of nitrogens with zero attached hydrogens (tertiary/aromatic N) is 1. The third-order valence-electron chi connectivity index (χ3n) is 2.67. The molecule has 4 heteroatoms. The van der Waals surface area contributed by atoms with Crippen LogP contribution in [0.5, 0.6) is 0 Å². The van der Waals surface area contributed by atoms with Crippen LogP contribution in [0.1, 0.15) is 22.6 Å². The van der Waals surface area contributed by atoms with E-state index in [1.807, 2.05) is 38.1 Å². The molecule has 0 spiro atoms. The minimum Gasteiger partial charge on any atom is -0.392 e. The lowest BCUT2D eigenvalue weighted by atomic mass is 10.2. The number of aliphatic hydroxyl groups excluding tert-OH is 1. The van der Waals surface area contributed by atoms with Gasteiger partial charge in [0.2, 0.25) is 0 Å². The number of hydrogen-bond acceptors (Lipinski definition) is 4. The Hall–Kier alpha value is -1.26. The Balaban J connectivity index is 2.02. The minimum absolute atomic E-state index is 0.0921. The van der Waals surface area contributed by atoms with Crippen molar-refractivity contribution in [2.75, 3.05) is 0 Å². The molecular weight excluding hydrogens is 234 g/mol. The Bertz CT molecular complexity index is 471. The monoisotopic (exact) mass is 249 g/mol. The zero-order valence-electron chi connectivity index (χ0n) is 9.93. The Labute approximate surface area is 105 Å². The van der Waals surface area contributed by atoms with Crippen molar-refractivity contribution in [3.8, 4) is 0 Å². The van der Waals surface area contributed by atoms with Gasteiger partial charge in [-0.05, 0) is 31.5 Å². The largest absolute Gasteiger partial charge is 0.392 e. The van der Waals surface area contributed by atoms with E-state index in [0.717, 1.165) is 22.8 Å². The fourth-order valence-electron chi connectivity index (χ4n) is 1.55. The first kappa shape index (κ1) is 12.2. The topological polar surface area (TPSA) is 46.3 Å². The van der Waals surface area contributed by atoms with Gasteiger partial charge >= 0.3 is 0 Å². The predicted molar refractivity (Wildman–Crippen MR) is 67.9 cm³/mol. The lowest BCUT2D eigenvalue weighted by Crippen LogP contribution is -1.86. The van der Waals surface area contributed by atoms with E-state index >= 15 is 0 Å². The Morgan fingerprint density at radius 3 is 2.47 bits per heavy atom. The highest BCUT2D eigenvalue weighted by atomic mass is 32.2. The fourth-order valence-corrected chi connectivity index (χ4v) is 2.61. The third kappa shape index (κ3) is 2.90. The van der Waals surface area contributed by atoms with Gasteiger partial charge in [0.1, 0.15) is 5.76 Å². The quantitative estimate of drug-likeness (QED) is 0.846. The molecule has 0 aliphatic heterocycles. The van der Waals surface area contributed by atoms with E-state index in [1.54, 1.807) is 11.8 Å². The molecule has 1 aromatic heterocycles. The van der Waals surface area contributed by atoms with E-state index in [2.05, 4.69) is 5.16 Å². The molecular formula is C13H15NO2S. The standard InChI is InChI=1S/C13H15NO2S/c1-9-13(10(2)16-14-9)8-17-12-5-3-11(7-15)4-6-12/h3-6,15H,7-8H2,1-2H3. The van der Waals surface area contributed by atoms with Crippen molar-refractivity contribution in [3.63, 3.8) is 0 Å². The molecule has 0 aliphatic carbocycles. The van der Waals surface area contributed by atoms with Gasteiger partial charge in [0.25, 0.3) is 0 Å². The lowest BCUT2D eigenvalue weighted by Gasteiger charge is -2.02. The molecule has 0 atom stereocenters. The molecule has 0 amide bonds. The number of hydrogen-bond donors (Lipinski definition) is 1. The second-order valence-electron chi connectivity index (χ2n) is 3.89. The van der Waals surface area contributed by atoms with Crippen molar-refractivity contribution in [2.45, 2.75) is 31.1 Å². The molecule has 1 heterocycles. The van der Waals surface area contributed by atoms with Crippen LogP contribution in [0.25, 0.3) is 0 Å². The maximum absolute atomic E-state index is 8.95. The maximum atomic E-state index is 8.95. The van der Waals surface area contributed by atoms with Crippen molar-refractivity contribution in [2.24, 2.45) is 0 Å². The summed E-state index contributed by atoms with van der Waals surface area (Å²) in [5, 5.41) is 12.9. The second-order valence-corrected chi connectivity index (χ2v) is 4.94. The maximum Gasteiger partial charge on any atom is 0.137 e. The number of aromatic nitrogens is 1. The zero-order chi connectivity index (χ0) is 12.3. The molecule has 0 saturated carbocycles. The van der Waals surface area contributed by atoms with Crippen LogP contribution < -0.4 is 0 Å². The molecule has 2 aromatic rings. The van der Waals surface area contributed by atoms with Crippen LogP contribution in [-0.2, 0) is 12.4 Å². The molecule has 0 saturated heterocycles. The van der Waals surface area contributed by atoms with E-state index in [9.17, 15) is 0 Å². The van der Waals surface area contributed by atoms with Crippen LogP contribution in [0.4, 0.5) is 0 Å². The van der Waals surface area contributed by atoms with E-state index in [4.69, 9.17) is 9.63 Å². The number of aryl methyl sites for hydroxylation is 2. The van der Waals surface area contributed by atoms with Gasteiger partial charge in [0, 0.05) is 16.2 Å². The summed E-state index contributed by atoms with van der Waals surface area (Å²) in [5.74, 6) is 1.75. The highest BCUT2D eigenvalue weighted by molar-refractivity contribution is 7.98. The molecule has 3 nitrogen and oxygen atoms in total. The first-order chi connectivity index (χ1) is 8.20. The predicted octanol–water partition coefficient (Wildman–Crippen LogP) is 3.08. The van der Waals surface area contributed by atoms with Crippen LogP contribution in [0.15, 0.2) is 33.7 Å². The van der Waals surface area contributed by atoms with E-state index in [-0.39, 0.29) is 6.61 Å². The summed E-state index contributed by atoms with van der Waals surface area (Å²) < 4.78 is 5.12. The minimum atomic E-state index is 0.0921. The Morgan fingerprint density at radius 2 is 1.94 bits per heavy atom. The fraction of sp³-hybridized carbons (Fsp3) is 0.308. The van der Waals surface area contributed by atoms with Gasteiger partial charge in [0.05, 0.1) is 12.3 Å². The van der Waals surface area contributed by atoms with E-state index in [1.165, 1.54) is 10.5 Å². The Kier molecular flexibility index (Phi) is 3.86. The lowest BCUT2D eigenvalue weighted by molar-refractivity contribution is 0.282. The molecule has 0 unspecified atom stereocenters. The van der Waals surface area contributed by atoms with Gasteiger partial charge in [-0.25, -0.2) is 0 Å². The summed E-state index contributed by atoms with van der Waals surface area (Å²) >= 11 is 1.74. The van der Waals surface area contributed by atoms with Gasteiger partial charge in [-0.3, -0.25) is 0 Å². The van der Waals surface area contributed by atoms with Gasteiger partial charge in [-0.2, -0.15) is 0 Å². The average molecular weight is 249 g/mol. The number of thioether (sulfide) groups is 1. The van der Waals surface area contributed by atoms with Crippen molar-refractivity contribution >= 4 is 11.8 Å². The van der Waals surface area contributed by atoms with Crippen LogP contribution >= 0.6 is 11.8 Å². The summed E-state index contributed by atoms with van der Waals surface area (Å²) in [6.07, 6.45) is 0. The van der Waals surface area contributed by atoms with Gasteiger partial charge in [-0.1, -0.05) is 17.3 Å². The van der Waals surface area contributed by atoms with E-state index < -0.39 is 0 Å². The van der Waals surface area contributed by atoms with Crippen LogP contribution in [0, 0.1) is 13.8 Å². The molecule has 90 valence electrons. The third-order valence-corrected chi connectivity index (χ3v) is 3.71.